The third-order valence-electron chi connectivity index (χ3n) is 4.46. The molecule has 0 amide bonds. The Morgan fingerprint density at radius 2 is 1.73 bits per heavy atom. The summed E-state index contributed by atoms with van der Waals surface area (Å²) in [7, 11) is -3.79. The molecule has 1 aliphatic heterocycles. The lowest BCUT2D eigenvalue weighted by atomic mass is 10.1. The maximum absolute atomic E-state index is 14.2. The van der Waals surface area contributed by atoms with Crippen LogP contribution < -0.4 is 4.90 Å². The Labute approximate surface area is 151 Å². The van der Waals surface area contributed by atoms with Crippen molar-refractivity contribution in [1.82, 2.24) is 4.98 Å². The van der Waals surface area contributed by atoms with E-state index >= 15 is 0 Å². The number of rotatable bonds is 3. The van der Waals surface area contributed by atoms with Gasteiger partial charge in [-0.15, -0.1) is 0 Å². The van der Waals surface area contributed by atoms with Crippen molar-refractivity contribution in [2.75, 3.05) is 31.2 Å². The third kappa shape index (κ3) is 2.83. The quantitative estimate of drug-likeness (QED) is 0.707. The molecule has 0 aliphatic carbocycles. The largest absolute Gasteiger partial charge is 0.378 e. The number of fused-ring (bicyclic) bond motifs is 1. The molecule has 0 bridgehead atoms. The molecule has 1 aromatic heterocycles. The van der Waals surface area contributed by atoms with E-state index in [0.717, 1.165) is 0 Å². The zero-order valence-corrected chi connectivity index (χ0v) is 14.7. The molecule has 5 nitrogen and oxygen atoms in total. The molecule has 4 rings (SSSR count). The minimum atomic E-state index is -3.79. The second-order valence-electron chi connectivity index (χ2n) is 6.02. The molecule has 0 saturated carbocycles. The molecule has 0 spiro atoms. The number of para-hydroxylation sites is 1. The van der Waals surface area contributed by atoms with Gasteiger partial charge in [-0.1, -0.05) is 30.3 Å². The van der Waals surface area contributed by atoms with Gasteiger partial charge in [0.05, 0.1) is 23.8 Å². The van der Waals surface area contributed by atoms with Crippen LogP contribution in [0, 0.1) is 5.82 Å². The van der Waals surface area contributed by atoms with Crippen molar-refractivity contribution in [3.05, 3.63) is 60.5 Å². The fourth-order valence-corrected chi connectivity index (χ4v) is 4.65. The summed E-state index contributed by atoms with van der Waals surface area (Å²) in [4.78, 5) is 6.32. The Balaban J connectivity index is 2.00. The highest BCUT2D eigenvalue weighted by Gasteiger charge is 2.28. The highest BCUT2D eigenvalue weighted by Crippen LogP contribution is 2.36. The standard InChI is InChI=1S/C19H17FN2O3S/c20-16-8-4-7-15-18(16)21-13-17(19(15)22-9-11-25-12-10-22)26(23,24)14-5-2-1-3-6-14/h1-8,13H,9-12H2. The van der Waals surface area contributed by atoms with Crippen LogP contribution in [0.4, 0.5) is 10.1 Å². The van der Waals surface area contributed by atoms with Crippen LogP contribution in [0.25, 0.3) is 10.9 Å². The molecule has 2 heterocycles. The van der Waals surface area contributed by atoms with Gasteiger partial charge in [0.25, 0.3) is 0 Å². The minimum absolute atomic E-state index is 0.0868. The van der Waals surface area contributed by atoms with Gasteiger partial charge in [0.15, 0.2) is 0 Å². The summed E-state index contributed by atoms with van der Waals surface area (Å²) >= 11 is 0. The molecular formula is C19H17FN2O3S. The summed E-state index contributed by atoms with van der Waals surface area (Å²) in [5.41, 5.74) is 0.655. The molecule has 1 fully saturated rings. The van der Waals surface area contributed by atoms with Crippen molar-refractivity contribution >= 4 is 26.4 Å². The zero-order valence-electron chi connectivity index (χ0n) is 13.9. The second kappa shape index (κ2) is 6.66. The maximum atomic E-state index is 14.2. The first kappa shape index (κ1) is 16.9. The Morgan fingerprint density at radius 3 is 2.46 bits per heavy atom. The Kier molecular flexibility index (Phi) is 4.34. The van der Waals surface area contributed by atoms with Crippen molar-refractivity contribution in [2.45, 2.75) is 9.79 Å². The molecular weight excluding hydrogens is 355 g/mol. The summed E-state index contributed by atoms with van der Waals surface area (Å²) in [6.45, 7) is 2.05. The van der Waals surface area contributed by atoms with E-state index in [9.17, 15) is 12.8 Å². The predicted octanol–water partition coefficient (Wildman–Crippen LogP) is 3.04. The van der Waals surface area contributed by atoms with E-state index in [4.69, 9.17) is 4.74 Å². The van der Waals surface area contributed by atoms with Crippen molar-refractivity contribution < 1.29 is 17.5 Å². The molecule has 26 heavy (non-hydrogen) atoms. The van der Waals surface area contributed by atoms with Gasteiger partial charge in [0, 0.05) is 24.7 Å². The van der Waals surface area contributed by atoms with Gasteiger partial charge in [-0.25, -0.2) is 12.8 Å². The topological polar surface area (TPSA) is 59.5 Å². The minimum Gasteiger partial charge on any atom is -0.378 e. The SMILES string of the molecule is O=S(=O)(c1ccccc1)c1cnc2c(F)cccc2c1N1CCOCC1. The number of ether oxygens (including phenoxy) is 1. The molecule has 7 heteroatoms. The molecule has 1 saturated heterocycles. The lowest BCUT2D eigenvalue weighted by Gasteiger charge is -2.31. The number of anilines is 1. The third-order valence-corrected chi connectivity index (χ3v) is 6.23. The second-order valence-corrected chi connectivity index (χ2v) is 7.94. The van der Waals surface area contributed by atoms with Gasteiger partial charge in [0.1, 0.15) is 16.2 Å². The summed E-state index contributed by atoms with van der Waals surface area (Å²) in [6.07, 6.45) is 1.26. The number of hydrogen-bond donors (Lipinski definition) is 0. The van der Waals surface area contributed by atoms with Gasteiger partial charge in [-0.3, -0.25) is 4.98 Å². The average molecular weight is 372 g/mol. The number of halogens is 1. The highest BCUT2D eigenvalue weighted by molar-refractivity contribution is 7.91. The summed E-state index contributed by atoms with van der Waals surface area (Å²) in [6, 6.07) is 12.8. The fourth-order valence-electron chi connectivity index (χ4n) is 3.19. The highest BCUT2D eigenvalue weighted by atomic mass is 32.2. The lowest BCUT2D eigenvalue weighted by Crippen LogP contribution is -2.37. The number of benzene rings is 2. The van der Waals surface area contributed by atoms with Crippen molar-refractivity contribution in [1.29, 1.82) is 0 Å². The summed E-state index contributed by atoms with van der Waals surface area (Å²) < 4.78 is 46.1. The molecule has 0 unspecified atom stereocenters. The summed E-state index contributed by atoms with van der Waals surface area (Å²) in [5, 5.41) is 0.490. The van der Waals surface area contributed by atoms with Crippen LogP contribution in [0.3, 0.4) is 0 Å². The van der Waals surface area contributed by atoms with Gasteiger partial charge >= 0.3 is 0 Å². The van der Waals surface area contributed by atoms with Crippen LogP contribution in [0.5, 0.6) is 0 Å². The van der Waals surface area contributed by atoms with Crippen LogP contribution in [-0.4, -0.2) is 39.7 Å². The van der Waals surface area contributed by atoms with E-state index in [0.29, 0.717) is 37.4 Å². The number of nitrogens with zero attached hydrogens (tertiary/aromatic N) is 2. The smallest absolute Gasteiger partial charge is 0.210 e. The van der Waals surface area contributed by atoms with E-state index in [1.807, 2.05) is 4.90 Å². The monoisotopic (exact) mass is 372 g/mol. The van der Waals surface area contributed by atoms with E-state index in [1.54, 1.807) is 42.5 Å². The number of sulfone groups is 1. The lowest BCUT2D eigenvalue weighted by molar-refractivity contribution is 0.122. The Hall–Kier alpha value is -2.51. The molecule has 134 valence electrons. The number of hydrogen-bond acceptors (Lipinski definition) is 5. The van der Waals surface area contributed by atoms with Crippen LogP contribution in [-0.2, 0) is 14.6 Å². The number of aromatic nitrogens is 1. The van der Waals surface area contributed by atoms with Crippen molar-refractivity contribution in [3.8, 4) is 0 Å². The predicted molar refractivity (Wildman–Crippen MR) is 96.6 cm³/mol. The van der Waals surface area contributed by atoms with Gasteiger partial charge in [-0.05, 0) is 18.2 Å². The van der Waals surface area contributed by atoms with Crippen molar-refractivity contribution in [3.63, 3.8) is 0 Å². The van der Waals surface area contributed by atoms with Crippen LogP contribution in [0.2, 0.25) is 0 Å². The first-order valence-corrected chi connectivity index (χ1v) is 9.77. The molecule has 0 radical (unpaired) electrons. The van der Waals surface area contributed by atoms with Crippen molar-refractivity contribution in [2.24, 2.45) is 0 Å². The molecule has 1 aliphatic rings. The first-order chi connectivity index (χ1) is 12.6. The normalized spacial score (nSPS) is 15.3. The van der Waals surface area contributed by atoms with Crippen LogP contribution in [0.15, 0.2) is 64.5 Å². The first-order valence-electron chi connectivity index (χ1n) is 8.29. The van der Waals surface area contributed by atoms with Gasteiger partial charge in [-0.2, -0.15) is 0 Å². The maximum Gasteiger partial charge on any atom is 0.210 e. The van der Waals surface area contributed by atoms with E-state index in [2.05, 4.69) is 4.98 Å². The molecule has 3 aromatic rings. The van der Waals surface area contributed by atoms with Crippen LogP contribution in [0.1, 0.15) is 0 Å². The van der Waals surface area contributed by atoms with Crippen LogP contribution >= 0.6 is 0 Å². The molecule has 0 N–H and O–H groups in total. The molecule has 0 atom stereocenters. The zero-order chi connectivity index (χ0) is 18.1. The number of morpholine rings is 1. The Bertz CT molecular complexity index is 1050. The van der Waals surface area contributed by atoms with Gasteiger partial charge < -0.3 is 9.64 Å². The van der Waals surface area contributed by atoms with Gasteiger partial charge in [0.2, 0.25) is 9.84 Å². The number of pyridine rings is 1. The Morgan fingerprint density at radius 1 is 1.00 bits per heavy atom. The van der Waals surface area contributed by atoms with E-state index in [1.165, 1.54) is 12.3 Å². The van der Waals surface area contributed by atoms with E-state index in [-0.39, 0.29) is 15.3 Å². The molecule has 2 aromatic carbocycles. The van der Waals surface area contributed by atoms with E-state index < -0.39 is 15.7 Å². The summed E-state index contributed by atoms with van der Waals surface area (Å²) in [5.74, 6) is -0.472. The average Bonchev–Trinajstić information content (AvgIpc) is 2.69. The fraction of sp³-hybridized carbons (Fsp3) is 0.211.